The second-order valence-electron chi connectivity index (χ2n) is 2.38. The quantitative estimate of drug-likeness (QED) is 0.515. The Bertz CT molecular complexity index is 167. The summed E-state index contributed by atoms with van der Waals surface area (Å²) in [6, 6.07) is -0.289. The van der Waals surface area contributed by atoms with E-state index in [-0.39, 0.29) is 11.9 Å². The van der Waals surface area contributed by atoms with Crippen molar-refractivity contribution in [2.45, 2.75) is 12.8 Å². The van der Waals surface area contributed by atoms with Crippen molar-refractivity contribution in [3.8, 4) is 0 Å². The van der Waals surface area contributed by atoms with E-state index in [0.29, 0.717) is 13.0 Å². The zero-order chi connectivity index (χ0) is 7.56. The minimum absolute atomic E-state index is 0.172. The molecule has 0 aliphatic carbocycles. The maximum absolute atomic E-state index is 10.8. The lowest BCUT2D eigenvalue weighted by Crippen LogP contribution is -2.37. The van der Waals surface area contributed by atoms with Crippen LogP contribution in [0.2, 0.25) is 0 Å². The molecule has 0 bridgehead atoms. The molecule has 1 heterocycles. The molecule has 0 aromatic heterocycles. The summed E-state index contributed by atoms with van der Waals surface area (Å²) in [7, 11) is 1.67. The third kappa shape index (κ3) is 1.46. The molecule has 3 amide bonds. The van der Waals surface area contributed by atoms with Gasteiger partial charge in [-0.15, -0.1) is 0 Å². The SMILES string of the molecule is CN1CCCC(=O)NC1=O. The highest BCUT2D eigenvalue weighted by molar-refractivity contribution is 5.94. The molecule has 1 saturated heterocycles. The molecule has 1 N–H and O–H groups in total. The number of urea groups is 1. The number of amides is 3. The highest BCUT2D eigenvalue weighted by Crippen LogP contribution is 1.98. The van der Waals surface area contributed by atoms with Crippen LogP contribution in [0.1, 0.15) is 12.8 Å². The first-order chi connectivity index (χ1) is 4.70. The average Bonchev–Trinajstić information content (AvgIpc) is 1.96. The van der Waals surface area contributed by atoms with Gasteiger partial charge in [-0.2, -0.15) is 0 Å². The van der Waals surface area contributed by atoms with Crippen LogP contribution in [0.4, 0.5) is 4.79 Å². The van der Waals surface area contributed by atoms with E-state index in [9.17, 15) is 9.59 Å². The minimum atomic E-state index is -0.289. The Morgan fingerprint density at radius 3 is 2.90 bits per heavy atom. The normalized spacial score (nSPS) is 20.3. The Morgan fingerprint density at radius 2 is 2.20 bits per heavy atom. The Balaban J connectivity index is 2.57. The smallest absolute Gasteiger partial charge is 0.323 e. The Morgan fingerprint density at radius 1 is 1.50 bits per heavy atom. The van der Waals surface area contributed by atoms with Gasteiger partial charge in [0.05, 0.1) is 0 Å². The van der Waals surface area contributed by atoms with Crippen LogP contribution in [0.5, 0.6) is 0 Å². The lowest BCUT2D eigenvalue weighted by Gasteiger charge is -2.11. The zero-order valence-electron chi connectivity index (χ0n) is 5.89. The first-order valence-electron chi connectivity index (χ1n) is 3.25. The van der Waals surface area contributed by atoms with Crippen LogP contribution in [-0.2, 0) is 4.79 Å². The van der Waals surface area contributed by atoms with E-state index in [1.165, 1.54) is 4.90 Å². The van der Waals surface area contributed by atoms with Crippen molar-refractivity contribution in [2.75, 3.05) is 13.6 Å². The predicted octanol–water partition coefficient (Wildman–Crippen LogP) is -0.0518. The molecule has 4 nitrogen and oxygen atoms in total. The summed E-state index contributed by atoms with van der Waals surface area (Å²) in [5.74, 6) is -0.172. The molecule has 56 valence electrons. The lowest BCUT2D eigenvalue weighted by atomic mass is 10.3. The highest BCUT2D eigenvalue weighted by atomic mass is 16.2. The third-order valence-corrected chi connectivity index (χ3v) is 1.49. The van der Waals surface area contributed by atoms with Crippen LogP contribution in [0, 0.1) is 0 Å². The van der Waals surface area contributed by atoms with E-state index in [0.717, 1.165) is 6.42 Å². The number of hydrogen-bond donors (Lipinski definition) is 1. The molecule has 0 aromatic rings. The van der Waals surface area contributed by atoms with Gasteiger partial charge < -0.3 is 4.90 Å². The Hall–Kier alpha value is -1.06. The standard InChI is InChI=1S/C6H10N2O2/c1-8-4-2-3-5(9)7-6(8)10/h2-4H2,1H3,(H,7,9,10). The molecule has 0 atom stereocenters. The van der Waals surface area contributed by atoms with Gasteiger partial charge in [0, 0.05) is 20.0 Å². The Kier molecular flexibility index (Phi) is 1.89. The zero-order valence-corrected chi connectivity index (χ0v) is 5.89. The molecule has 10 heavy (non-hydrogen) atoms. The first-order valence-corrected chi connectivity index (χ1v) is 3.25. The highest BCUT2D eigenvalue weighted by Gasteiger charge is 2.16. The van der Waals surface area contributed by atoms with Gasteiger partial charge in [0.15, 0.2) is 0 Å². The number of hydrogen-bond acceptors (Lipinski definition) is 2. The summed E-state index contributed by atoms with van der Waals surface area (Å²) in [5.41, 5.74) is 0. The summed E-state index contributed by atoms with van der Waals surface area (Å²) in [5, 5.41) is 2.24. The molecule has 1 rings (SSSR count). The molecular formula is C6H10N2O2. The molecule has 1 fully saturated rings. The second-order valence-corrected chi connectivity index (χ2v) is 2.38. The van der Waals surface area contributed by atoms with Crippen LogP contribution in [-0.4, -0.2) is 30.4 Å². The van der Waals surface area contributed by atoms with Crippen LogP contribution >= 0.6 is 0 Å². The third-order valence-electron chi connectivity index (χ3n) is 1.49. The van der Waals surface area contributed by atoms with Crippen molar-refractivity contribution in [1.82, 2.24) is 10.2 Å². The van der Waals surface area contributed by atoms with Gasteiger partial charge in [0.1, 0.15) is 0 Å². The van der Waals surface area contributed by atoms with Crippen LogP contribution < -0.4 is 5.32 Å². The Labute approximate surface area is 59.2 Å². The molecule has 0 unspecified atom stereocenters. The molecule has 0 radical (unpaired) electrons. The number of carbonyl (C=O) groups is 2. The number of nitrogens with zero attached hydrogens (tertiary/aromatic N) is 1. The van der Waals surface area contributed by atoms with Crippen LogP contribution in [0.25, 0.3) is 0 Å². The maximum Gasteiger partial charge on any atom is 0.323 e. The molecule has 1 aliphatic rings. The fourth-order valence-corrected chi connectivity index (χ4v) is 0.856. The van der Waals surface area contributed by atoms with Gasteiger partial charge >= 0.3 is 6.03 Å². The summed E-state index contributed by atoms with van der Waals surface area (Å²) >= 11 is 0. The summed E-state index contributed by atoms with van der Waals surface area (Å²) in [6.45, 7) is 0.664. The molecule has 0 spiro atoms. The van der Waals surface area contributed by atoms with E-state index in [4.69, 9.17) is 0 Å². The topological polar surface area (TPSA) is 49.4 Å². The van der Waals surface area contributed by atoms with E-state index >= 15 is 0 Å². The predicted molar refractivity (Wildman–Crippen MR) is 35.4 cm³/mol. The van der Waals surface area contributed by atoms with E-state index in [1.807, 2.05) is 0 Å². The average molecular weight is 142 g/mol. The van der Waals surface area contributed by atoms with Crippen molar-refractivity contribution in [2.24, 2.45) is 0 Å². The molecular weight excluding hydrogens is 132 g/mol. The maximum atomic E-state index is 10.8. The van der Waals surface area contributed by atoms with Gasteiger partial charge in [0.2, 0.25) is 5.91 Å². The van der Waals surface area contributed by atoms with Crippen molar-refractivity contribution in [1.29, 1.82) is 0 Å². The van der Waals surface area contributed by atoms with Crippen molar-refractivity contribution < 1.29 is 9.59 Å². The molecule has 1 aliphatic heterocycles. The minimum Gasteiger partial charge on any atom is -0.328 e. The van der Waals surface area contributed by atoms with Gasteiger partial charge in [-0.25, -0.2) is 4.79 Å². The molecule has 0 saturated carbocycles. The van der Waals surface area contributed by atoms with Gasteiger partial charge in [-0.1, -0.05) is 0 Å². The monoisotopic (exact) mass is 142 g/mol. The van der Waals surface area contributed by atoms with Crippen molar-refractivity contribution in [3.05, 3.63) is 0 Å². The number of rotatable bonds is 0. The number of nitrogens with one attached hydrogen (secondary N) is 1. The van der Waals surface area contributed by atoms with E-state index in [2.05, 4.69) is 5.32 Å². The van der Waals surface area contributed by atoms with Gasteiger partial charge in [-0.05, 0) is 6.42 Å². The van der Waals surface area contributed by atoms with Gasteiger partial charge in [-0.3, -0.25) is 10.1 Å². The molecule has 0 aromatic carbocycles. The van der Waals surface area contributed by atoms with Crippen molar-refractivity contribution in [3.63, 3.8) is 0 Å². The largest absolute Gasteiger partial charge is 0.328 e. The van der Waals surface area contributed by atoms with Crippen LogP contribution in [0.15, 0.2) is 0 Å². The number of carbonyl (C=O) groups excluding carboxylic acids is 2. The van der Waals surface area contributed by atoms with Gasteiger partial charge in [0.25, 0.3) is 0 Å². The molecule has 4 heteroatoms. The van der Waals surface area contributed by atoms with E-state index < -0.39 is 0 Å². The summed E-state index contributed by atoms with van der Waals surface area (Å²) in [4.78, 5) is 23.0. The van der Waals surface area contributed by atoms with Crippen LogP contribution in [0.3, 0.4) is 0 Å². The van der Waals surface area contributed by atoms with E-state index in [1.54, 1.807) is 7.05 Å². The second kappa shape index (κ2) is 2.68. The van der Waals surface area contributed by atoms with Crippen molar-refractivity contribution >= 4 is 11.9 Å². The number of imide groups is 1. The fraction of sp³-hybridized carbons (Fsp3) is 0.667. The fourth-order valence-electron chi connectivity index (χ4n) is 0.856. The summed E-state index contributed by atoms with van der Waals surface area (Å²) < 4.78 is 0. The lowest BCUT2D eigenvalue weighted by molar-refractivity contribution is -0.119. The first kappa shape index (κ1) is 7.05. The summed E-state index contributed by atoms with van der Waals surface area (Å²) in [6.07, 6.45) is 1.21.